The standard InChI is InChI=1S/C11H5BrN2O3/c12-9-5-1-2-8(15)17-11(5)7(4-14)6(3-13)10(9)16/h16H,1-2H2. The molecule has 1 aliphatic heterocycles. The summed E-state index contributed by atoms with van der Waals surface area (Å²) in [4.78, 5) is 11.2. The van der Waals surface area contributed by atoms with Gasteiger partial charge in [-0.05, 0) is 22.4 Å². The van der Waals surface area contributed by atoms with Gasteiger partial charge >= 0.3 is 5.97 Å². The van der Waals surface area contributed by atoms with Crippen molar-refractivity contribution < 1.29 is 14.6 Å². The molecule has 1 N–H and O–H groups in total. The predicted molar refractivity (Wildman–Crippen MR) is 59.2 cm³/mol. The summed E-state index contributed by atoms with van der Waals surface area (Å²) < 4.78 is 5.28. The maximum absolute atomic E-state index is 11.2. The first-order chi connectivity index (χ1) is 8.10. The van der Waals surface area contributed by atoms with E-state index in [0.717, 1.165) is 0 Å². The number of ether oxygens (including phenoxy) is 1. The lowest BCUT2D eigenvalue weighted by Crippen LogP contribution is -2.18. The predicted octanol–water partition coefficient (Wildman–Crippen LogP) is 1.75. The molecule has 0 spiro atoms. The zero-order chi connectivity index (χ0) is 12.6. The molecule has 5 nitrogen and oxygen atoms in total. The molecule has 17 heavy (non-hydrogen) atoms. The topological polar surface area (TPSA) is 94.1 Å². The molecule has 0 amide bonds. The average molecular weight is 293 g/mol. The van der Waals surface area contributed by atoms with E-state index in [1.165, 1.54) is 0 Å². The molecule has 0 radical (unpaired) electrons. The number of carbonyl (C=O) groups is 1. The number of aromatic hydroxyl groups is 1. The highest BCUT2D eigenvalue weighted by atomic mass is 79.9. The second kappa shape index (κ2) is 4.08. The minimum atomic E-state index is -0.449. The van der Waals surface area contributed by atoms with Gasteiger partial charge in [0.25, 0.3) is 0 Å². The van der Waals surface area contributed by atoms with Crippen molar-refractivity contribution in [3.8, 4) is 23.6 Å². The molecule has 0 aliphatic carbocycles. The van der Waals surface area contributed by atoms with Gasteiger partial charge in [-0.15, -0.1) is 0 Å². The van der Waals surface area contributed by atoms with E-state index in [-0.39, 0.29) is 29.0 Å². The highest BCUT2D eigenvalue weighted by Gasteiger charge is 2.28. The van der Waals surface area contributed by atoms with E-state index in [9.17, 15) is 9.90 Å². The zero-order valence-corrected chi connectivity index (χ0v) is 10.0. The smallest absolute Gasteiger partial charge is 0.311 e. The highest BCUT2D eigenvalue weighted by Crippen LogP contribution is 2.43. The Morgan fingerprint density at radius 1 is 1.24 bits per heavy atom. The number of hydrogen-bond donors (Lipinski definition) is 1. The molecule has 6 heteroatoms. The number of hydrogen-bond acceptors (Lipinski definition) is 5. The number of rotatable bonds is 0. The number of nitriles is 2. The average Bonchev–Trinajstić information content (AvgIpc) is 2.33. The third kappa shape index (κ3) is 1.63. The summed E-state index contributed by atoms with van der Waals surface area (Å²) >= 11 is 3.14. The second-order valence-electron chi connectivity index (χ2n) is 3.42. The lowest BCUT2D eigenvalue weighted by Gasteiger charge is -2.19. The summed E-state index contributed by atoms with van der Waals surface area (Å²) in [6.07, 6.45) is 0.546. The summed E-state index contributed by atoms with van der Waals surface area (Å²) in [6, 6.07) is 3.51. The molecule has 0 unspecified atom stereocenters. The van der Waals surface area contributed by atoms with Crippen molar-refractivity contribution in [3.05, 3.63) is 21.2 Å². The van der Waals surface area contributed by atoms with Crippen LogP contribution in [-0.4, -0.2) is 11.1 Å². The first kappa shape index (κ1) is 11.4. The van der Waals surface area contributed by atoms with Gasteiger partial charge in [-0.2, -0.15) is 10.5 Å². The zero-order valence-electron chi connectivity index (χ0n) is 8.45. The van der Waals surface area contributed by atoms with Crippen LogP contribution in [0.15, 0.2) is 4.47 Å². The van der Waals surface area contributed by atoms with Crippen molar-refractivity contribution in [1.29, 1.82) is 10.5 Å². The van der Waals surface area contributed by atoms with Crippen LogP contribution in [0.2, 0.25) is 0 Å². The fraction of sp³-hybridized carbons (Fsp3) is 0.182. The number of carbonyl (C=O) groups excluding carboxylic acids is 1. The Bertz CT molecular complexity index is 611. The van der Waals surface area contributed by atoms with Crippen LogP contribution in [0.1, 0.15) is 23.1 Å². The molecule has 84 valence electrons. The molecular weight excluding hydrogens is 288 g/mol. The molecule has 1 aromatic rings. The molecule has 1 aromatic carbocycles. The van der Waals surface area contributed by atoms with E-state index < -0.39 is 5.97 Å². The Hall–Kier alpha value is -2.05. The van der Waals surface area contributed by atoms with Crippen LogP contribution < -0.4 is 4.74 Å². The van der Waals surface area contributed by atoms with Gasteiger partial charge in [0, 0.05) is 5.56 Å². The quantitative estimate of drug-likeness (QED) is 0.581. The number of fused-ring (bicyclic) bond motifs is 1. The first-order valence-electron chi connectivity index (χ1n) is 4.68. The Morgan fingerprint density at radius 2 is 1.88 bits per heavy atom. The second-order valence-corrected chi connectivity index (χ2v) is 4.21. The SMILES string of the molecule is N#Cc1c(O)c(Br)c2c(c1C#N)OC(=O)CC2. The normalized spacial score (nSPS) is 13.2. The van der Waals surface area contributed by atoms with E-state index in [4.69, 9.17) is 15.3 Å². The molecule has 1 aliphatic rings. The monoisotopic (exact) mass is 292 g/mol. The summed E-state index contributed by atoms with van der Waals surface area (Å²) in [7, 11) is 0. The Kier molecular flexibility index (Phi) is 2.74. The van der Waals surface area contributed by atoms with Crippen molar-refractivity contribution in [2.75, 3.05) is 0 Å². The third-order valence-electron chi connectivity index (χ3n) is 2.48. The Morgan fingerprint density at radius 3 is 2.47 bits per heavy atom. The summed E-state index contributed by atoms with van der Waals surface area (Å²) in [6.45, 7) is 0. The lowest BCUT2D eigenvalue weighted by molar-refractivity contribution is -0.135. The molecule has 0 bridgehead atoms. The minimum absolute atomic E-state index is 0.0741. The van der Waals surface area contributed by atoms with Gasteiger partial charge in [0.2, 0.25) is 0 Å². The van der Waals surface area contributed by atoms with Gasteiger partial charge in [0.15, 0.2) is 5.75 Å². The largest absolute Gasteiger partial charge is 0.505 e. The summed E-state index contributed by atoms with van der Waals surface area (Å²) in [5, 5.41) is 27.7. The van der Waals surface area contributed by atoms with Crippen molar-refractivity contribution in [2.45, 2.75) is 12.8 Å². The van der Waals surface area contributed by atoms with Crippen LogP contribution in [0.25, 0.3) is 0 Å². The molecular formula is C11H5BrN2O3. The maximum Gasteiger partial charge on any atom is 0.311 e. The molecule has 0 aromatic heterocycles. The van der Waals surface area contributed by atoms with Gasteiger partial charge in [-0.25, -0.2) is 0 Å². The Balaban J connectivity index is 2.84. The fourth-order valence-corrected chi connectivity index (χ4v) is 2.26. The number of phenolic OH excluding ortho intramolecular Hbond substituents is 1. The van der Waals surface area contributed by atoms with Crippen LogP contribution in [0.5, 0.6) is 11.5 Å². The van der Waals surface area contributed by atoms with E-state index in [1.807, 2.05) is 0 Å². The van der Waals surface area contributed by atoms with Gasteiger partial charge in [-0.1, -0.05) is 0 Å². The molecule has 1 heterocycles. The van der Waals surface area contributed by atoms with Crippen LogP contribution in [0.4, 0.5) is 0 Å². The molecule has 0 saturated carbocycles. The van der Waals surface area contributed by atoms with Gasteiger partial charge in [-0.3, -0.25) is 4.79 Å². The van der Waals surface area contributed by atoms with Gasteiger partial charge in [0.05, 0.1) is 10.9 Å². The number of phenols is 1. The number of benzene rings is 1. The van der Waals surface area contributed by atoms with Crippen molar-refractivity contribution in [1.82, 2.24) is 0 Å². The van der Waals surface area contributed by atoms with Crippen LogP contribution in [0.3, 0.4) is 0 Å². The fourth-order valence-electron chi connectivity index (χ4n) is 1.68. The summed E-state index contributed by atoms with van der Waals surface area (Å²) in [5.74, 6) is -0.666. The van der Waals surface area contributed by atoms with E-state index in [0.29, 0.717) is 16.5 Å². The number of nitrogens with zero attached hydrogens (tertiary/aromatic N) is 2. The van der Waals surface area contributed by atoms with Crippen LogP contribution in [-0.2, 0) is 11.2 Å². The first-order valence-corrected chi connectivity index (χ1v) is 5.47. The van der Waals surface area contributed by atoms with E-state index >= 15 is 0 Å². The van der Waals surface area contributed by atoms with Crippen molar-refractivity contribution in [3.63, 3.8) is 0 Å². The van der Waals surface area contributed by atoms with Crippen molar-refractivity contribution in [2.24, 2.45) is 0 Å². The number of halogens is 1. The van der Waals surface area contributed by atoms with E-state index in [1.54, 1.807) is 12.1 Å². The number of esters is 1. The minimum Gasteiger partial charge on any atom is -0.505 e. The lowest BCUT2D eigenvalue weighted by atomic mass is 9.98. The molecule has 2 rings (SSSR count). The van der Waals surface area contributed by atoms with Gasteiger partial charge in [0.1, 0.15) is 29.0 Å². The third-order valence-corrected chi connectivity index (χ3v) is 3.33. The molecule has 0 fully saturated rings. The van der Waals surface area contributed by atoms with Crippen molar-refractivity contribution >= 4 is 21.9 Å². The van der Waals surface area contributed by atoms with Crippen LogP contribution >= 0.6 is 15.9 Å². The molecule has 0 atom stereocenters. The van der Waals surface area contributed by atoms with E-state index in [2.05, 4.69) is 15.9 Å². The molecule has 0 saturated heterocycles. The maximum atomic E-state index is 11.2. The Labute approximate surface area is 105 Å². The summed E-state index contributed by atoms with van der Waals surface area (Å²) in [5.41, 5.74) is 0.252. The van der Waals surface area contributed by atoms with Crippen LogP contribution in [0, 0.1) is 22.7 Å². The highest BCUT2D eigenvalue weighted by molar-refractivity contribution is 9.10. The van der Waals surface area contributed by atoms with Gasteiger partial charge < -0.3 is 9.84 Å².